The summed E-state index contributed by atoms with van der Waals surface area (Å²) >= 11 is 0. The number of anilines is 1. The first-order valence-corrected chi connectivity index (χ1v) is 6.21. The van der Waals surface area contributed by atoms with E-state index in [4.69, 9.17) is 0 Å². The first kappa shape index (κ1) is 13.1. The first-order chi connectivity index (χ1) is 9.16. The predicted octanol–water partition coefficient (Wildman–Crippen LogP) is 3.65. The van der Waals surface area contributed by atoms with E-state index in [0.717, 1.165) is 11.3 Å². The van der Waals surface area contributed by atoms with Gasteiger partial charge in [0.05, 0.1) is 0 Å². The molecule has 0 bridgehead atoms. The quantitative estimate of drug-likeness (QED) is 0.610. The molecule has 0 saturated heterocycles. The van der Waals surface area contributed by atoms with Gasteiger partial charge in [-0.15, -0.1) is 0 Å². The summed E-state index contributed by atoms with van der Waals surface area (Å²) in [4.78, 5) is 13.9. The van der Waals surface area contributed by atoms with Gasteiger partial charge in [0.15, 0.2) is 5.78 Å². The summed E-state index contributed by atoms with van der Waals surface area (Å²) < 4.78 is 0. The lowest BCUT2D eigenvalue weighted by molar-refractivity contribution is 0.104. The van der Waals surface area contributed by atoms with Gasteiger partial charge in [0.1, 0.15) is 0 Å². The van der Waals surface area contributed by atoms with Crippen molar-refractivity contribution in [2.75, 3.05) is 19.0 Å². The number of allylic oxidation sites excluding steroid dienone is 1. The zero-order valence-electron chi connectivity index (χ0n) is 11.2. The molecule has 2 aromatic rings. The van der Waals surface area contributed by atoms with Crippen molar-refractivity contribution < 1.29 is 4.79 Å². The molecule has 0 heterocycles. The molecule has 0 aliphatic carbocycles. The molecule has 0 amide bonds. The van der Waals surface area contributed by atoms with Gasteiger partial charge in [-0.05, 0) is 23.8 Å². The molecule has 0 saturated carbocycles. The van der Waals surface area contributed by atoms with Crippen molar-refractivity contribution in [1.82, 2.24) is 0 Å². The molecule has 0 spiro atoms. The van der Waals surface area contributed by atoms with E-state index in [9.17, 15) is 4.79 Å². The van der Waals surface area contributed by atoms with Crippen molar-refractivity contribution in [2.45, 2.75) is 0 Å². The molecule has 0 fully saturated rings. The zero-order valence-corrected chi connectivity index (χ0v) is 11.2. The number of ketones is 1. The summed E-state index contributed by atoms with van der Waals surface area (Å²) in [5.74, 6) is 0.0253. The van der Waals surface area contributed by atoms with E-state index < -0.39 is 0 Å². The van der Waals surface area contributed by atoms with Crippen LogP contribution in [0.4, 0.5) is 5.69 Å². The maximum atomic E-state index is 11.9. The van der Waals surface area contributed by atoms with E-state index in [2.05, 4.69) is 0 Å². The molecule has 0 aliphatic rings. The molecule has 0 atom stereocenters. The minimum Gasteiger partial charge on any atom is -0.378 e. The van der Waals surface area contributed by atoms with Crippen LogP contribution in [-0.2, 0) is 0 Å². The highest BCUT2D eigenvalue weighted by atomic mass is 16.1. The molecular formula is C17H17NO. The Morgan fingerprint density at radius 2 is 1.58 bits per heavy atom. The first-order valence-electron chi connectivity index (χ1n) is 6.21. The molecule has 19 heavy (non-hydrogen) atoms. The normalized spacial score (nSPS) is 10.6. The van der Waals surface area contributed by atoms with Crippen molar-refractivity contribution in [2.24, 2.45) is 0 Å². The van der Waals surface area contributed by atoms with E-state index in [1.807, 2.05) is 79.7 Å². The SMILES string of the molecule is CN(C)c1ccc(/C=C\C(=O)c2ccccc2)cc1. The topological polar surface area (TPSA) is 20.3 Å². The van der Waals surface area contributed by atoms with Gasteiger partial charge in [-0.2, -0.15) is 0 Å². The third kappa shape index (κ3) is 3.55. The van der Waals surface area contributed by atoms with E-state index >= 15 is 0 Å². The van der Waals surface area contributed by atoms with Crippen molar-refractivity contribution >= 4 is 17.5 Å². The third-order valence-electron chi connectivity index (χ3n) is 2.89. The van der Waals surface area contributed by atoms with Crippen LogP contribution in [-0.4, -0.2) is 19.9 Å². The molecule has 0 aliphatic heterocycles. The highest BCUT2D eigenvalue weighted by molar-refractivity contribution is 6.06. The Morgan fingerprint density at radius 3 is 2.16 bits per heavy atom. The van der Waals surface area contributed by atoms with E-state index in [-0.39, 0.29) is 5.78 Å². The summed E-state index contributed by atoms with van der Waals surface area (Å²) in [7, 11) is 4.01. The fraction of sp³-hybridized carbons (Fsp3) is 0.118. The number of hydrogen-bond acceptors (Lipinski definition) is 2. The van der Waals surface area contributed by atoms with Gasteiger partial charge in [0.2, 0.25) is 0 Å². The number of carbonyl (C=O) groups excluding carboxylic acids is 1. The second-order valence-electron chi connectivity index (χ2n) is 4.55. The molecule has 2 nitrogen and oxygen atoms in total. The average molecular weight is 251 g/mol. The second kappa shape index (κ2) is 6.01. The molecule has 2 rings (SSSR count). The molecule has 0 aromatic heterocycles. The second-order valence-corrected chi connectivity index (χ2v) is 4.55. The molecule has 0 unspecified atom stereocenters. The highest BCUT2D eigenvalue weighted by Gasteiger charge is 1.99. The highest BCUT2D eigenvalue weighted by Crippen LogP contribution is 2.13. The summed E-state index contributed by atoms with van der Waals surface area (Å²) in [6, 6.07) is 17.4. The van der Waals surface area contributed by atoms with Crippen LogP contribution in [0, 0.1) is 0 Å². The van der Waals surface area contributed by atoms with Gasteiger partial charge in [0.25, 0.3) is 0 Å². The minimum atomic E-state index is 0.0253. The molecule has 0 N–H and O–H groups in total. The van der Waals surface area contributed by atoms with Crippen LogP contribution in [0.25, 0.3) is 6.08 Å². The largest absolute Gasteiger partial charge is 0.378 e. The number of benzene rings is 2. The van der Waals surface area contributed by atoms with Crippen LogP contribution in [0.1, 0.15) is 15.9 Å². The molecule has 2 aromatic carbocycles. The van der Waals surface area contributed by atoms with Crippen molar-refractivity contribution in [3.05, 3.63) is 71.8 Å². The Labute approximate surface area is 114 Å². The maximum Gasteiger partial charge on any atom is 0.185 e. The monoisotopic (exact) mass is 251 g/mol. The number of carbonyl (C=O) groups is 1. The standard InChI is InChI=1S/C17H17NO/c1-18(2)16-11-8-14(9-12-16)10-13-17(19)15-6-4-3-5-7-15/h3-13H,1-2H3/b13-10-. The van der Waals surface area contributed by atoms with E-state index in [1.54, 1.807) is 6.08 Å². The summed E-state index contributed by atoms with van der Waals surface area (Å²) in [5, 5.41) is 0. The van der Waals surface area contributed by atoms with Crippen LogP contribution in [0.2, 0.25) is 0 Å². The zero-order chi connectivity index (χ0) is 13.7. The Bertz CT molecular complexity index is 568. The smallest absolute Gasteiger partial charge is 0.185 e. The third-order valence-corrected chi connectivity index (χ3v) is 2.89. The number of nitrogens with zero attached hydrogens (tertiary/aromatic N) is 1. The van der Waals surface area contributed by atoms with Gasteiger partial charge >= 0.3 is 0 Å². The number of rotatable bonds is 4. The van der Waals surface area contributed by atoms with Gasteiger partial charge in [-0.1, -0.05) is 48.5 Å². The van der Waals surface area contributed by atoms with Gasteiger partial charge < -0.3 is 4.90 Å². The van der Waals surface area contributed by atoms with Crippen LogP contribution < -0.4 is 4.90 Å². The Balaban J connectivity index is 2.08. The maximum absolute atomic E-state index is 11.9. The lowest BCUT2D eigenvalue weighted by atomic mass is 10.1. The Hall–Kier alpha value is -2.35. The van der Waals surface area contributed by atoms with Crippen LogP contribution >= 0.6 is 0 Å². The molecule has 96 valence electrons. The summed E-state index contributed by atoms with van der Waals surface area (Å²) in [6.07, 6.45) is 3.45. The Kier molecular flexibility index (Phi) is 4.14. The fourth-order valence-electron chi connectivity index (χ4n) is 1.75. The molecular weight excluding hydrogens is 234 g/mol. The number of hydrogen-bond donors (Lipinski definition) is 0. The molecule has 2 heteroatoms. The van der Waals surface area contributed by atoms with Crippen LogP contribution in [0.15, 0.2) is 60.7 Å². The van der Waals surface area contributed by atoms with Crippen molar-refractivity contribution in [1.29, 1.82) is 0 Å². The van der Waals surface area contributed by atoms with Gasteiger partial charge in [-0.25, -0.2) is 0 Å². The van der Waals surface area contributed by atoms with Crippen LogP contribution in [0.5, 0.6) is 0 Å². The van der Waals surface area contributed by atoms with Gasteiger partial charge in [0, 0.05) is 25.3 Å². The van der Waals surface area contributed by atoms with Crippen LogP contribution in [0.3, 0.4) is 0 Å². The van der Waals surface area contributed by atoms with Crippen molar-refractivity contribution in [3.63, 3.8) is 0 Å². The minimum absolute atomic E-state index is 0.0253. The Morgan fingerprint density at radius 1 is 0.947 bits per heavy atom. The summed E-state index contributed by atoms with van der Waals surface area (Å²) in [6.45, 7) is 0. The lowest BCUT2D eigenvalue weighted by Crippen LogP contribution is -2.07. The van der Waals surface area contributed by atoms with Gasteiger partial charge in [-0.3, -0.25) is 4.79 Å². The average Bonchev–Trinajstić information content (AvgIpc) is 2.46. The fourth-order valence-corrected chi connectivity index (χ4v) is 1.75. The summed E-state index contributed by atoms with van der Waals surface area (Å²) in [5.41, 5.74) is 2.88. The van der Waals surface area contributed by atoms with Crippen molar-refractivity contribution in [3.8, 4) is 0 Å². The lowest BCUT2D eigenvalue weighted by Gasteiger charge is -2.11. The van der Waals surface area contributed by atoms with E-state index in [0.29, 0.717) is 5.56 Å². The molecule has 0 radical (unpaired) electrons. The van der Waals surface area contributed by atoms with E-state index in [1.165, 1.54) is 0 Å². The predicted molar refractivity (Wildman–Crippen MR) is 80.6 cm³/mol.